The van der Waals surface area contributed by atoms with Crippen molar-refractivity contribution in [1.82, 2.24) is 5.32 Å². The molecule has 1 aliphatic heterocycles. The summed E-state index contributed by atoms with van der Waals surface area (Å²) in [4.78, 5) is 13.3. The van der Waals surface area contributed by atoms with Crippen molar-refractivity contribution in [1.29, 1.82) is 5.26 Å². The number of methoxy groups -OCH3 is 1. The molecule has 29 heavy (non-hydrogen) atoms. The molecule has 2 heterocycles. The zero-order valence-corrected chi connectivity index (χ0v) is 17.0. The summed E-state index contributed by atoms with van der Waals surface area (Å²) in [6.07, 6.45) is 3.30. The third-order valence-corrected chi connectivity index (χ3v) is 5.43. The molecule has 0 saturated carbocycles. The molecule has 6 nitrogen and oxygen atoms in total. The van der Waals surface area contributed by atoms with Crippen LogP contribution in [0.4, 0.5) is 5.69 Å². The zero-order chi connectivity index (χ0) is 20.8. The van der Waals surface area contributed by atoms with Gasteiger partial charge in [-0.2, -0.15) is 5.26 Å². The lowest BCUT2D eigenvalue weighted by Gasteiger charge is -2.28. The molecule has 0 fully saturated rings. The third-order valence-electron chi connectivity index (χ3n) is 4.42. The van der Waals surface area contributed by atoms with Crippen molar-refractivity contribution in [3.63, 3.8) is 0 Å². The molecular weight excluding hydrogens is 386 g/mol. The van der Waals surface area contributed by atoms with E-state index in [1.807, 2.05) is 19.1 Å². The third kappa shape index (κ3) is 4.23. The number of amides is 1. The van der Waals surface area contributed by atoms with Gasteiger partial charge in [0.05, 0.1) is 47.2 Å². The van der Waals surface area contributed by atoms with Crippen LogP contribution in [0.1, 0.15) is 18.6 Å². The number of furan rings is 1. The van der Waals surface area contributed by atoms with Gasteiger partial charge in [0.15, 0.2) is 0 Å². The predicted octanol–water partition coefficient (Wildman–Crippen LogP) is 4.54. The van der Waals surface area contributed by atoms with E-state index >= 15 is 0 Å². The molecule has 0 saturated heterocycles. The number of hydrogen-bond donors (Lipinski definition) is 2. The Kier molecular flexibility index (Phi) is 6.47. The number of ether oxygens (including phenoxy) is 1. The van der Waals surface area contributed by atoms with Gasteiger partial charge >= 0.3 is 0 Å². The van der Waals surface area contributed by atoms with E-state index < -0.39 is 5.92 Å². The van der Waals surface area contributed by atoms with E-state index in [4.69, 9.17) is 9.15 Å². The number of para-hydroxylation sites is 2. The van der Waals surface area contributed by atoms with E-state index in [9.17, 15) is 10.1 Å². The average Bonchev–Trinajstić information content (AvgIpc) is 3.26. The molecule has 1 aliphatic rings. The van der Waals surface area contributed by atoms with Crippen molar-refractivity contribution in [2.24, 2.45) is 0 Å². The van der Waals surface area contributed by atoms with E-state index in [0.717, 1.165) is 0 Å². The Morgan fingerprint density at radius 2 is 2.21 bits per heavy atom. The lowest BCUT2D eigenvalue weighted by molar-refractivity contribution is -0.113. The number of carbonyl (C=O) groups is 1. The topological polar surface area (TPSA) is 87.3 Å². The SMILES string of the molecule is C=CCSC1=C(C#N)[C@@H](c2ccco2)C(C(=O)Nc2ccccc2OC)=C(C)N1. The smallest absolute Gasteiger partial charge is 0.254 e. The molecule has 0 unspecified atom stereocenters. The van der Waals surface area contributed by atoms with E-state index in [2.05, 4.69) is 23.3 Å². The number of carbonyl (C=O) groups excluding carboxylic acids is 1. The number of allylic oxidation sites excluding steroid dienone is 2. The molecule has 1 aromatic carbocycles. The Bertz CT molecular complexity index is 1020. The van der Waals surface area contributed by atoms with Crippen LogP contribution in [-0.4, -0.2) is 18.8 Å². The second kappa shape index (κ2) is 9.22. The number of anilines is 1. The first-order valence-electron chi connectivity index (χ1n) is 8.94. The molecule has 2 aromatic rings. The number of nitrogens with zero attached hydrogens (tertiary/aromatic N) is 1. The molecule has 3 rings (SSSR count). The average molecular weight is 407 g/mol. The first-order chi connectivity index (χ1) is 14.1. The van der Waals surface area contributed by atoms with Gasteiger partial charge in [0.25, 0.3) is 5.91 Å². The summed E-state index contributed by atoms with van der Waals surface area (Å²) >= 11 is 1.46. The molecule has 0 spiro atoms. The molecule has 0 radical (unpaired) electrons. The fraction of sp³-hybridized carbons (Fsp3) is 0.182. The number of nitrogens with one attached hydrogen (secondary N) is 2. The number of dihydropyridines is 1. The van der Waals surface area contributed by atoms with Crippen molar-refractivity contribution in [2.75, 3.05) is 18.2 Å². The highest BCUT2D eigenvalue weighted by atomic mass is 32.2. The van der Waals surface area contributed by atoms with Crippen molar-refractivity contribution in [2.45, 2.75) is 12.8 Å². The first kappa shape index (κ1) is 20.4. The summed E-state index contributed by atoms with van der Waals surface area (Å²) < 4.78 is 10.9. The summed E-state index contributed by atoms with van der Waals surface area (Å²) in [5.41, 5.74) is 2.06. The normalized spacial score (nSPS) is 16.1. The second-order valence-electron chi connectivity index (χ2n) is 6.22. The highest BCUT2D eigenvalue weighted by Crippen LogP contribution is 2.41. The molecule has 1 amide bonds. The Morgan fingerprint density at radius 3 is 2.86 bits per heavy atom. The maximum absolute atomic E-state index is 13.3. The molecular formula is C22H21N3O3S. The van der Waals surface area contributed by atoms with Gasteiger partial charge < -0.3 is 19.8 Å². The highest BCUT2D eigenvalue weighted by Gasteiger charge is 2.36. The van der Waals surface area contributed by atoms with Gasteiger partial charge in [-0.25, -0.2) is 0 Å². The fourth-order valence-electron chi connectivity index (χ4n) is 3.15. The minimum atomic E-state index is -0.613. The molecule has 148 valence electrons. The van der Waals surface area contributed by atoms with Gasteiger partial charge in [-0.05, 0) is 31.2 Å². The standard InChI is InChI=1S/C22H21N3O3S/c1-4-12-29-22-15(13-23)20(18-10-7-11-28-18)19(14(2)24-22)21(26)25-16-8-5-6-9-17(16)27-3/h4-11,20,24H,1,12H2,2-3H3,(H,25,26)/t20-/m0/s1. The summed E-state index contributed by atoms with van der Waals surface area (Å²) in [6, 6.07) is 12.9. The maximum Gasteiger partial charge on any atom is 0.254 e. The molecule has 1 aromatic heterocycles. The van der Waals surface area contributed by atoms with Crippen LogP contribution in [0.3, 0.4) is 0 Å². The minimum Gasteiger partial charge on any atom is -0.495 e. The fourth-order valence-corrected chi connectivity index (χ4v) is 3.98. The lowest BCUT2D eigenvalue weighted by Crippen LogP contribution is -2.30. The number of rotatable bonds is 7. The van der Waals surface area contributed by atoms with Crippen LogP contribution in [0.5, 0.6) is 5.75 Å². The second-order valence-corrected chi connectivity index (χ2v) is 7.25. The number of benzene rings is 1. The van der Waals surface area contributed by atoms with E-state index in [1.165, 1.54) is 18.0 Å². The largest absolute Gasteiger partial charge is 0.495 e. The van der Waals surface area contributed by atoms with Crippen LogP contribution < -0.4 is 15.4 Å². The van der Waals surface area contributed by atoms with E-state index in [-0.39, 0.29) is 5.91 Å². The highest BCUT2D eigenvalue weighted by molar-refractivity contribution is 8.03. The number of nitriles is 1. The Hall–Kier alpha value is -3.37. The van der Waals surface area contributed by atoms with Gasteiger partial charge in [-0.3, -0.25) is 4.79 Å². The van der Waals surface area contributed by atoms with Crippen molar-refractivity contribution < 1.29 is 13.9 Å². The first-order valence-corrected chi connectivity index (χ1v) is 9.92. The lowest BCUT2D eigenvalue weighted by atomic mass is 9.85. The molecule has 0 aliphatic carbocycles. The Morgan fingerprint density at radius 1 is 1.41 bits per heavy atom. The van der Waals surface area contributed by atoms with E-state index in [0.29, 0.717) is 44.8 Å². The summed E-state index contributed by atoms with van der Waals surface area (Å²) in [5.74, 6) is 0.772. The molecule has 1 atom stereocenters. The quantitative estimate of drug-likeness (QED) is 0.655. The van der Waals surface area contributed by atoms with Crippen molar-refractivity contribution >= 4 is 23.4 Å². The van der Waals surface area contributed by atoms with Crippen LogP contribution in [-0.2, 0) is 4.79 Å². The van der Waals surface area contributed by atoms with Gasteiger partial charge in [-0.1, -0.05) is 18.2 Å². The van der Waals surface area contributed by atoms with E-state index in [1.54, 1.807) is 37.5 Å². The molecule has 2 N–H and O–H groups in total. The maximum atomic E-state index is 13.3. The number of thioether (sulfide) groups is 1. The van der Waals surface area contributed by atoms with Gasteiger partial charge in [0.1, 0.15) is 11.5 Å². The van der Waals surface area contributed by atoms with Crippen LogP contribution in [0.15, 0.2) is 81.6 Å². The number of hydrogen-bond acceptors (Lipinski definition) is 6. The van der Waals surface area contributed by atoms with Gasteiger partial charge in [0.2, 0.25) is 0 Å². The summed E-state index contributed by atoms with van der Waals surface area (Å²) in [7, 11) is 1.54. The van der Waals surface area contributed by atoms with Crippen molar-refractivity contribution in [3.8, 4) is 11.8 Å². The molecule has 7 heteroatoms. The Labute approximate surface area is 173 Å². The monoisotopic (exact) mass is 407 g/mol. The predicted molar refractivity (Wildman–Crippen MR) is 114 cm³/mol. The van der Waals surface area contributed by atoms with Crippen LogP contribution in [0, 0.1) is 11.3 Å². The Balaban J connectivity index is 2.03. The van der Waals surface area contributed by atoms with Crippen LogP contribution in [0.2, 0.25) is 0 Å². The summed E-state index contributed by atoms with van der Waals surface area (Å²) in [5, 5.41) is 16.7. The van der Waals surface area contributed by atoms with Crippen LogP contribution in [0.25, 0.3) is 0 Å². The van der Waals surface area contributed by atoms with Crippen LogP contribution >= 0.6 is 11.8 Å². The minimum absolute atomic E-state index is 0.332. The van der Waals surface area contributed by atoms with Crippen molar-refractivity contribution in [3.05, 3.63) is 82.9 Å². The van der Waals surface area contributed by atoms with Gasteiger partial charge in [0, 0.05) is 11.4 Å². The zero-order valence-electron chi connectivity index (χ0n) is 16.2. The molecule has 0 bridgehead atoms. The van der Waals surface area contributed by atoms with Gasteiger partial charge in [-0.15, -0.1) is 18.3 Å². The summed E-state index contributed by atoms with van der Waals surface area (Å²) in [6.45, 7) is 5.54.